The number of nitrogens with zero attached hydrogens (tertiary/aromatic N) is 2. The number of hydrogen-bond acceptors (Lipinski definition) is 5. The molecule has 1 amide bonds. The van der Waals surface area contributed by atoms with Gasteiger partial charge in [-0.25, -0.2) is 8.78 Å². The third-order valence-corrected chi connectivity index (χ3v) is 3.26. The highest BCUT2D eigenvalue weighted by atomic mass is 79.9. The number of anilines is 2. The molecule has 18 heavy (non-hydrogen) atoms. The van der Waals surface area contributed by atoms with Crippen LogP contribution in [0.4, 0.5) is 19.6 Å². The van der Waals surface area contributed by atoms with Crippen molar-refractivity contribution in [3.05, 3.63) is 33.2 Å². The molecule has 0 atom stereocenters. The summed E-state index contributed by atoms with van der Waals surface area (Å²) in [5.74, 6) is -2.32. The summed E-state index contributed by atoms with van der Waals surface area (Å²) >= 11 is 3.81. The van der Waals surface area contributed by atoms with Crippen LogP contribution >= 0.6 is 27.3 Å². The highest BCUT2D eigenvalue weighted by molar-refractivity contribution is 9.10. The number of amides is 1. The van der Waals surface area contributed by atoms with Crippen molar-refractivity contribution < 1.29 is 13.6 Å². The van der Waals surface area contributed by atoms with E-state index in [1.54, 1.807) is 0 Å². The molecule has 3 N–H and O–H groups in total. The van der Waals surface area contributed by atoms with Gasteiger partial charge in [-0.05, 0) is 22.0 Å². The number of nitrogens with one attached hydrogen (secondary N) is 1. The highest BCUT2D eigenvalue weighted by Crippen LogP contribution is 2.27. The first kappa shape index (κ1) is 12.8. The predicted molar refractivity (Wildman–Crippen MR) is 66.3 cm³/mol. The number of nitrogen functional groups attached to an aromatic ring is 1. The Morgan fingerprint density at radius 1 is 1.39 bits per heavy atom. The van der Waals surface area contributed by atoms with Crippen LogP contribution in [-0.4, -0.2) is 16.1 Å². The molecule has 0 radical (unpaired) electrons. The quantitative estimate of drug-likeness (QED) is 0.883. The van der Waals surface area contributed by atoms with Gasteiger partial charge in [-0.3, -0.25) is 4.79 Å². The highest BCUT2D eigenvalue weighted by Gasteiger charge is 2.16. The van der Waals surface area contributed by atoms with Crippen molar-refractivity contribution >= 4 is 44.0 Å². The zero-order valence-corrected chi connectivity index (χ0v) is 11.0. The number of benzene rings is 1. The minimum absolute atomic E-state index is 0.0110. The molecule has 2 aromatic rings. The van der Waals surface area contributed by atoms with Crippen LogP contribution in [0.25, 0.3) is 0 Å². The van der Waals surface area contributed by atoms with Gasteiger partial charge in [-0.2, -0.15) is 0 Å². The second kappa shape index (κ2) is 4.94. The van der Waals surface area contributed by atoms with Crippen molar-refractivity contribution in [2.45, 2.75) is 0 Å². The molecule has 0 aliphatic carbocycles. The summed E-state index contributed by atoms with van der Waals surface area (Å²) in [5.41, 5.74) is 5.15. The molecule has 94 valence electrons. The third kappa shape index (κ3) is 2.62. The van der Waals surface area contributed by atoms with Gasteiger partial charge in [-0.15, -0.1) is 10.2 Å². The van der Waals surface area contributed by atoms with Crippen LogP contribution in [0.1, 0.15) is 9.80 Å². The number of halogens is 3. The minimum Gasteiger partial charge on any atom is -0.374 e. The van der Waals surface area contributed by atoms with Crippen LogP contribution in [0.15, 0.2) is 16.6 Å². The number of nitrogens with two attached hydrogens (primary N) is 1. The van der Waals surface area contributed by atoms with Gasteiger partial charge in [0.15, 0.2) is 5.82 Å². The fraction of sp³-hybridized carbons (Fsp3) is 0. The van der Waals surface area contributed by atoms with E-state index in [1.807, 2.05) is 0 Å². The van der Waals surface area contributed by atoms with Gasteiger partial charge >= 0.3 is 0 Å². The lowest BCUT2D eigenvalue weighted by Crippen LogP contribution is -2.13. The Bertz CT molecular complexity index is 595. The van der Waals surface area contributed by atoms with E-state index in [4.69, 9.17) is 5.73 Å². The molecule has 0 saturated heterocycles. The largest absolute Gasteiger partial charge is 0.374 e. The van der Waals surface area contributed by atoms with E-state index in [-0.39, 0.29) is 20.3 Å². The van der Waals surface area contributed by atoms with Gasteiger partial charge in [0.1, 0.15) is 5.82 Å². The van der Waals surface area contributed by atoms with Crippen LogP contribution in [-0.2, 0) is 0 Å². The Kier molecular flexibility index (Phi) is 3.53. The fourth-order valence-corrected chi connectivity index (χ4v) is 2.17. The first-order valence-electron chi connectivity index (χ1n) is 4.52. The molecule has 2 rings (SSSR count). The second-order valence-corrected chi connectivity index (χ2v) is 5.01. The smallest absolute Gasteiger partial charge is 0.286 e. The summed E-state index contributed by atoms with van der Waals surface area (Å²) in [7, 11) is 0. The number of rotatable bonds is 2. The van der Waals surface area contributed by atoms with Gasteiger partial charge in [0.2, 0.25) is 10.1 Å². The maximum atomic E-state index is 13.5. The summed E-state index contributed by atoms with van der Waals surface area (Å²) < 4.78 is 26.4. The van der Waals surface area contributed by atoms with Crippen LogP contribution in [0, 0.1) is 11.6 Å². The maximum absolute atomic E-state index is 13.5. The zero-order valence-electron chi connectivity index (χ0n) is 8.58. The minimum atomic E-state index is -0.896. The summed E-state index contributed by atoms with van der Waals surface area (Å²) in [6, 6.07) is 1.70. The lowest BCUT2D eigenvalue weighted by Gasteiger charge is -2.06. The standard InChI is InChI=1S/C9H5BrF2N4OS/c10-4-1-3(11)2-5(12)6(4)14-7(17)8-15-16-9(13)18-8/h1-2H,(H2,13,16)(H,14,17). The Balaban J connectivity index is 2.27. The van der Waals surface area contributed by atoms with Crippen LogP contribution in [0.2, 0.25) is 0 Å². The molecule has 5 nitrogen and oxygen atoms in total. The second-order valence-electron chi connectivity index (χ2n) is 3.14. The molecule has 9 heteroatoms. The van der Waals surface area contributed by atoms with Gasteiger partial charge in [0, 0.05) is 10.5 Å². The van der Waals surface area contributed by atoms with E-state index >= 15 is 0 Å². The maximum Gasteiger partial charge on any atom is 0.286 e. The molecule has 1 aromatic heterocycles. The van der Waals surface area contributed by atoms with Crippen LogP contribution in [0.3, 0.4) is 0 Å². The Morgan fingerprint density at radius 3 is 2.67 bits per heavy atom. The van der Waals surface area contributed by atoms with Crippen molar-refractivity contribution in [1.29, 1.82) is 0 Å². The van der Waals surface area contributed by atoms with Crippen LogP contribution in [0.5, 0.6) is 0 Å². The van der Waals surface area contributed by atoms with E-state index in [2.05, 4.69) is 31.4 Å². The molecule has 0 bridgehead atoms. The van der Waals surface area contributed by atoms with Crippen molar-refractivity contribution in [2.75, 3.05) is 11.1 Å². The Hall–Kier alpha value is -1.61. The molecule has 0 unspecified atom stereocenters. The molecule has 0 spiro atoms. The monoisotopic (exact) mass is 334 g/mol. The lowest BCUT2D eigenvalue weighted by atomic mass is 10.3. The molecule has 0 aliphatic heterocycles. The van der Waals surface area contributed by atoms with Crippen molar-refractivity contribution in [1.82, 2.24) is 10.2 Å². The van der Waals surface area contributed by atoms with E-state index in [0.717, 1.165) is 17.4 Å². The molecule has 0 fully saturated rings. The summed E-state index contributed by atoms with van der Waals surface area (Å²) in [5, 5.41) is 9.34. The molecule has 0 saturated carbocycles. The van der Waals surface area contributed by atoms with Crippen molar-refractivity contribution in [3.8, 4) is 0 Å². The summed E-state index contributed by atoms with van der Waals surface area (Å²) in [6.45, 7) is 0. The third-order valence-electron chi connectivity index (χ3n) is 1.88. The van der Waals surface area contributed by atoms with Gasteiger partial charge in [0.05, 0.1) is 5.69 Å². The Morgan fingerprint density at radius 2 is 2.11 bits per heavy atom. The number of carbonyl (C=O) groups excluding carboxylic acids is 1. The average molecular weight is 335 g/mol. The van der Waals surface area contributed by atoms with E-state index in [9.17, 15) is 13.6 Å². The zero-order chi connectivity index (χ0) is 13.3. The number of aromatic nitrogens is 2. The fourth-order valence-electron chi connectivity index (χ4n) is 1.15. The van der Waals surface area contributed by atoms with Crippen LogP contribution < -0.4 is 11.1 Å². The van der Waals surface area contributed by atoms with E-state index < -0.39 is 17.5 Å². The first-order valence-corrected chi connectivity index (χ1v) is 6.13. The lowest BCUT2D eigenvalue weighted by molar-refractivity contribution is 0.102. The van der Waals surface area contributed by atoms with Crippen molar-refractivity contribution in [3.63, 3.8) is 0 Å². The average Bonchev–Trinajstić information content (AvgIpc) is 2.70. The summed E-state index contributed by atoms with van der Waals surface area (Å²) in [4.78, 5) is 11.7. The number of hydrogen-bond donors (Lipinski definition) is 2. The first-order chi connectivity index (χ1) is 8.47. The predicted octanol–water partition coefficient (Wildman–Crippen LogP) is 2.41. The van der Waals surface area contributed by atoms with Gasteiger partial charge in [-0.1, -0.05) is 11.3 Å². The molecular weight excluding hydrogens is 330 g/mol. The molecule has 1 aromatic carbocycles. The van der Waals surface area contributed by atoms with Crippen molar-refractivity contribution in [2.24, 2.45) is 0 Å². The summed E-state index contributed by atoms with van der Waals surface area (Å²) in [6.07, 6.45) is 0. The van der Waals surface area contributed by atoms with E-state index in [1.165, 1.54) is 0 Å². The van der Waals surface area contributed by atoms with Gasteiger partial charge < -0.3 is 11.1 Å². The normalized spacial score (nSPS) is 10.4. The molecule has 0 aliphatic rings. The molecule has 1 heterocycles. The number of carbonyl (C=O) groups is 1. The molecular formula is C9H5BrF2N4OS. The van der Waals surface area contributed by atoms with Gasteiger partial charge in [0.25, 0.3) is 5.91 Å². The Labute approximate surface area is 112 Å². The topological polar surface area (TPSA) is 80.9 Å². The van der Waals surface area contributed by atoms with E-state index in [0.29, 0.717) is 6.07 Å². The SMILES string of the molecule is Nc1nnc(C(=O)Nc2c(F)cc(F)cc2Br)s1.